The predicted octanol–water partition coefficient (Wildman–Crippen LogP) is 2.16. The molecule has 0 aliphatic heterocycles. The molecular formula is C19H30N8O. The maximum Gasteiger partial charge on any atom is 0.260 e. The molecule has 0 radical (unpaired) electrons. The molecule has 2 rings (SSSR count). The molecule has 9 nitrogen and oxygen atoms in total. The fourth-order valence-electron chi connectivity index (χ4n) is 2.61. The first-order chi connectivity index (χ1) is 13.4. The SMILES string of the molecule is CNc1ccc(C(=O)Nc2ccc(N(C)C)nn2)c(NC(C)CCCCN)n1. The molecular weight excluding hydrogens is 356 g/mol. The Kier molecular flexibility index (Phi) is 7.94. The van der Waals surface area contributed by atoms with Crippen molar-refractivity contribution in [3.8, 4) is 0 Å². The van der Waals surface area contributed by atoms with Crippen LogP contribution in [0.1, 0.15) is 36.5 Å². The third kappa shape index (κ3) is 6.05. The van der Waals surface area contributed by atoms with Crippen LogP contribution in [0.5, 0.6) is 0 Å². The van der Waals surface area contributed by atoms with E-state index in [-0.39, 0.29) is 11.9 Å². The molecule has 2 heterocycles. The van der Waals surface area contributed by atoms with E-state index in [1.807, 2.05) is 19.0 Å². The fourth-order valence-corrected chi connectivity index (χ4v) is 2.61. The second-order valence-electron chi connectivity index (χ2n) is 6.80. The van der Waals surface area contributed by atoms with Gasteiger partial charge in [0.05, 0.1) is 5.56 Å². The highest BCUT2D eigenvalue weighted by Crippen LogP contribution is 2.20. The van der Waals surface area contributed by atoms with Crippen LogP contribution in [-0.2, 0) is 0 Å². The van der Waals surface area contributed by atoms with Crippen molar-refractivity contribution in [2.24, 2.45) is 5.73 Å². The zero-order chi connectivity index (χ0) is 20.5. The monoisotopic (exact) mass is 386 g/mol. The summed E-state index contributed by atoms with van der Waals surface area (Å²) in [4.78, 5) is 19.1. The number of rotatable bonds is 10. The van der Waals surface area contributed by atoms with E-state index in [0.717, 1.165) is 19.3 Å². The van der Waals surface area contributed by atoms with Gasteiger partial charge in [-0.2, -0.15) is 0 Å². The standard InChI is InChI=1S/C19H30N8O/c1-13(7-5-6-12-20)22-18-14(8-9-15(21-2)23-18)19(28)24-16-10-11-17(26-25-16)27(3)4/h8-11,13H,5-7,12,20H2,1-4H3,(H2,21,22,23)(H,24,25,28). The van der Waals surface area contributed by atoms with E-state index in [0.29, 0.717) is 35.4 Å². The lowest BCUT2D eigenvalue weighted by molar-refractivity contribution is 0.102. The first kappa shape index (κ1) is 21.4. The number of amides is 1. The zero-order valence-electron chi connectivity index (χ0n) is 17.0. The third-order valence-electron chi connectivity index (χ3n) is 4.22. The Morgan fingerprint density at radius 3 is 2.50 bits per heavy atom. The van der Waals surface area contributed by atoms with Crippen molar-refractivity contribution in [2.75, 3.05) is 48.5 Å². The third-order valence-corrected chi connectivity index (χ3v) is 4.22. The Balaban J connectivity index is 2.14. The van der Waals surface area contributed by atoms with Crippen LogP contribution in [0.2, 0.25) is 0 Å². The van der Waals surface area contributed by atoms with Crippen molar-refractivity contribution < 1.29 is 4.79 Å². The van der Waals surface area contributed by atoms with Gasteiger partial charge in [-0.1, -0.05) is 6.42 Å². The average molecular weight is 387 g/mol. The number of pyridine rings is 1. The molecule has 0 bridgehead atoms. The van der Waals surface area contributed by atoms with E-state index in [1.165, 1.54) is 0 Å². The molecule has 0 aromatic carbocycles. The highest BCUT2D eigenvalue weighted by molar-refractivity contribution is 6.07. The van der Waals surface area contributed by atoms with Gasteiger partial charge in [-0.25, -0.2) is 4.98 Å². The Labute approximate surface area is 166 Å². The predicted molar refractivity (Wildman–Crippen MR) is 114 cm³/mol. The maximum atomic E-state index is 12.8. The molecule has 0 saturated carbocycles. The number of unbranched alkanes of at least 4 members (excludes halogenated alkanes) is 1. The molecule has 0 aliphatic carbocycles. The molecule has 1 unspecified atom stereocenters. The van der Waals surface area contributed by atoms with E-state index < -0.39 is 0 Å². The van der Waals surface area contributed by atoms with E-state index in [9.17, 15) is 4.79 Å². The van der Waals surface area contributed by atoms with Crippen molar-refractivity contribution in [3.63, 3.8) is 0 Å². The zero-order valence-corrected chi connectivity index (χ0v) is 17.0. The second-order valence-corrected chi connectivity index (χ2v) is 6.80. The number of hydrogen-bond donors (Lipinski definition) is 4. The number of nitrogens with two attached hydrogens (primary N) is 1. The summed E-state index contributed by atoms with van der Waals surface area (Å²) in [5.41, 5.74) is 6.01. The minimum atomic E-state index is -0.293. The molecule has 1 atom stereocenters. The van der Waals surface area contributed by atoms with Crippen molar-refractivity contribution >= 4 is 29.2 Å². The van der Waals surface area contributed by atoms with Gasteiger partial charge < -0.3 is 26.6 Å². The fraction of sp³-hybridized carbons (Fsp3) is 0.474. The normalized spacial score (nSPS) is 11.6. The van der Waals surface area contributed by atoms with Gasteiger partial charge in [0.25, 0.3) is 5.91 Å². The van der Waals surface area contributed by atoms with Crippen molar-refractivity contribution in [3.05, 3.63) is 29.8 Å². The number of anilines is 4. The van der Waals surface area contributed by atoms with Crippen LogP contribution >= 0.6 is 0 Å². The van der Waals surface area contributed by atoms with Gasteiger partial charge in [-0.05, 0) is 50.6 Å². The van der Waals surface area contributed by atoms with Gasteiger partial charge in [-0.3, -0.25) is 4.79 Å². The van der Waals surface area contributed by atoms with Crippen LogP contribution in [0, 0.1) is 0 Å². The lowest BCUT2D eigenvalue weighted by Crippen LogP contribution is -2.22. The first-order valence-corrected chi connectivity index (χ1v) is 9.42. The van der Waals surface area contributed by atoms with Gasteiger partial charge in [0.15, 0.2) is 11.6 Å². The lowest BCUT2D eigenvalue weighted by atomic mass is 10.1. The summed E-state index contributed by atoms with van der Waals surface area (Å²) >= 11 is 0. The van der Waals surface area contributed by atoms with Gasteiger partial charge in [0.2, 0.25) is 0 Å². The van der Waals surface area contributed by atoms with Crippen molar-refractivity contribution in [1.29, 1.82) is 0 Å². The molecule has 2 aromatic rings. The highest BCUT2D eigenvalue weighted by Gasteiger charge is 2.16. The summed E-state index contributed by atoms with van der Waals surface area (Å²) in [6, 6.07) is 7.18. The molecule has 28 heavy (non-hydrogen) atoms. The smallest absolute Gasteiger partial charge is 0.260 e. The van der Waals surface area contributed by atoms with Crippen LogP contribution in [0.3, 0.4) is 0 Å². The summed E-state index contributed by atoms with van der Waals surface area (Å²) in [5.74, 6) is 2.02. The van der Waals surface area contributed by atoms with Crippen LogP contribution in [-0.4, -0.2) is 54.8 Å². The van der Waals surface area contributed by atoms with Crippen LogP contribution in [0.15, 0.2) is 24.3 Å². The first-order valence-electron chi connectivity index (χ1n) is 9.42. The Bertz CT molecular complexity index is 763. The largest absolute Gasteiger partial charge is 0.373 e. The summed E-state index contributed by atoms with van der Waals surface area (Å²) < 4.78 is 0. The van der Waals surface area contributed by atoms with Gasteiger partial charge in [-0.15, -0.1) is 10.2 Å². The van der Waals surface area contributed by atoms with E-state index >= 15 is 0 Å². The van der Waals surface area contributed by atoms with Crippen molar-refractivity contribution in [1.82, 2.24) is 15.2 Å². The summed E-state index contributed by atoms with van der Waals surface area (Å²) in [6.07, 6.45) is 2.94. The number of carbonyl (C=O) groups excluding carboxylic acids is 1. The lowest BCUT2D eigenvalue weighted by Gasteiger charge is -2.18. The molecule has 1 amide bonds. The van der Waals surface area contributed by atoms with Crippen LogP contribution < -0.4 is 26.6 Å². The number of aromatic nitrogens is 3. The summed E-state index contributed by atoms with van der Waals surface area (Å²) in [7, 11) is 5.55. The molecule has 9 heteroatoms. The number of nitrogens with one attached hydrogen (secondary N) is 3. The van der Waals surface area contributed by atoms with Gasteiger partial charge >= 0.3 is 0 Å². The van der Waals surface area contributed by atoms with E-state index in [2.05, 4.69) is 38.1 Å². The Morgan fingerprint density at radius 1 is 1.14 bits per heavy atom. The minimum absolute atomic E-state index is 0.164. The molecule has 0 fully saturated rings. The quantitative estimate of drug-likeness (QED) is 0.458. The van der Waals surface area contributed by atoms with Crippen molar-refractivity contribution in [2.45, 2.75) is 32.2 Å². The Morgan fingerprint density at radius 2 is 1.89 bits per heavy atom. The molecule has 152 valence electrons. The minimum Gasteiger partial charge on any atom is -0.373 e. The van der Waals surface area contributed by atoms with Crippen LogP contribution in [0.25, 0.3) is 0 Å². The number of nitrogens with zero attached hydrogens (tertiary/aromatic N) is 4. The highest BCUT2D eigenvalue weighted by atomic mass is 16.1. The van der Waals surface area contributed by atoms with E-state index in [1.54, 1.807) is 31.3 Å². The van der Waals surface area contributed by atoms with E-state index in [4.69, 9.17) is 5.73 Å². The number of hydrogen-bond acceptors (Lipinski definition) is 8. The summed E-state index contributed by atoms with van der Waals surface area (Å²) in [6.45, 7) is 2.75. The second kappa shape index (κ2) is 10.4. The average Bonchev–Trinajstić information content (AvgIpc) is 2.68. The Hall–Kier alpha value is -2.94. The topological polar surface area (TPSA) is 121 Å². The molecule has 2 aromatic heterocycles. The molecule has 0 saturated heterocycles. The molecule has 0 aliphatic rings. The number of carbonyl (C=O) groups is 1. The molecule has 5 N–H and O–H groups in total. The van der Waals surface area contributed by atoms with Gasteiger partial charge in [0, 0.05) is 27.2 Å². The van der Waals surface area contributed by atoms with Crippen LogP contribution in [0.4, 0.5) is 23.3 Å². The molecule has 0 spiro atoms. The maximum absolute atomic E-state index is 12.8. The summed E-state index contributed by atoms with van der Waals surface area (Å²) in [5, 5.41) is 17.2. The van der Waals surface area contributed by atoms with Gasteiger partial charge in [0.1, 0.15) is 11.6 Å².